The Hall–Kier alpha value is -0.890. The zero-order valence-electron chi connectivity index (χ0n) is 11.7. The lowest BCUT2D eigenvalue weighted by atomic mass is 9.77. The van der Waals surface area contributed by atoms with E-state index in [-0.39, 0.29) is 5.60 Å². The van der Waals surface area contributed by atoms with Crippen LogP contribution in [0, 0.1) is 17.8 Å². The molecule has 4 rings (SSSR count). The molecule has 5 unspecified atom stereocenters. The number of hydrogen-bond acceptors (Lipinski definition) is 2. The van der Waals surface area contributed by atoms with E-state index in [0.29, 0.717) is 5.92 Å². The van der Waals surface area contributed by atoms with Crippen molar-refractivity contribution in [1.29, 1.82) is 0 Å². The molecular formula is C17H23NO. The minimum Gasteiger partial charge on any atom is -0.374 e. The van der Waals surface area contributed by atoms with E-state index in [1.54, 1.807) is 0 Å². The van der Waals surface area contributed by atoms with Crippen LogP contribution in [0.25, 0.3) is 0 Å². The number of pyridine rings is 1. The van der Waals surface area contributed by atoms with Gasteiger partial charge in [0.25, 0.3) is 0 Å². The second-order valence-corrected chi connectivity index (χ2v) is 6.85. The molecule has 1 saturated heterocycles. The van der Waals surface area contributed by atoms with E-state index >= 15 is 0 Å². The van der Waals surface area contributed by atoms with Gasteiger partial charge >= 0.3 is 0 Å². The van der Waals surface area contributed by atoms with Crippen LogP contribution in [0.2, 0.25) is 0 Å². The van der Waals surface area contributed by atoms with Crippen LogP contribution in [0.15, 0.2) is 24.4 Å². The van der Waals surface area contributed by atoms with Crippen molar-refractivity contribution in [3.63, 3.8) is 0 Å². The van der Waals surface area contributed by atoms with Gasteiger partial charge in [0.15, 0.2) is 0 Å². The smallest absolute Gasteiger partial charge is 0.0739 e. The van der Waals surface area contributed by atoms with Gasteiger partial charge in [0.05, 0.1) is 12.2 Å². The highest BCUT2D eigenvalue weighted by molar-refractivity contribution is 5.16. The molecule has 2 heteroatoms. The molecule has 1 aromatic rings. The average Bonchev–Trinajstić information content (AvgIpc) is 3.09. The molecule has 0 N–H and O–H groups in total. The summed E-state index contributed by atoms with van der Waals surface area (Å²) in [5.41, 5.74) is 1.53. The third kappa shape index (κ3) is 1.69. The topological polar surface area (TPSA) is 22.1 Å². The largest absolute Gasteiger partial charge is 0.374 e. The molecule has 3 aliphatic rings. The molecule has 5 atom stereocenters. The summed E-state index contributed by atoms with van der Waals surface area (Å²) in [6.07, 6.45) is 8.54. The van der Waals surface area contributed by atoms with Gasteiger partial charge in [-0.15, -0.1) is 0 Å². The highest BCUT2D eigenvalue weighted by atomic mass is 16.5. The van der Waals surface area contributed by atoms with E-state index < -0.39 is 0 Å². The first-order valence-electron chi connectivity index (χ1n) is 7.84. The Labute approximate surface area is 115 Å². The lowest BCUT2D eigenvalue weighted by Crippen LogP contribution is -2.38. The SMILES string of the molecule is CC1CCCC12OCC1CC(c3ccccn3)CC12. The molecule has 0 aromatic carbocycles. The average molecular weight is 257 g/mol. The zero-order valence-corrected chi connectivity index (χ0v) is 11.7. The fourth-order valence-corrected chi connectivity index (χ4v) is 5.08. The molecule has 0 radical (unpaired) electrons. The maximum absolute atomic E-state index is 6.34. The fraction of sp³-hybridized carbons (Fsp3) is 0.706. The number of hydrogen-bond donors (Lipinski definition) is 0. The van der Waals surface area contributed by atoms with Crippen molar-refractivity contribution in [3.05, 3.63) is 30.1 Å². The molecule has 102 valence electrons. The van der Waals surface area contributed by atoms with Crippen LogP contribution in [0.3, 0.4) is 0 Å². The summed E-state index contributed by atoms with van der Waals surface area (Å²) in [5, 5.41) is 0. The predicted molar refractivity (Wildman–Crippen MR) is 74.9 cm³/mol. The Morgan fingerprint density at radius 3 is 3.00 bits per heavy atom. The summed E-state index contributed by atoms with van der Waals surface area (Å²) in [4.78, 5) is 4.58. The van der Waals surface area contributed by atoms with Crippen LogP contribution in [-0.4, -0.2) is 17.2 Å². The Morgan fingerprint density at radius 1 is 1.32 bits per heavy atom. The Kier molecular flexibility index (Phi) is 2.70. The molecular weight excluding hydrogens is 234 g/mol. The van der Waals surface area contributed by atoms with Crippen molar-refractivity contribution >= 4 is 0 Å². The summed E-state index contributed by atoms with van der Waals surface area (Å²) in [7, 11) is 0. The quantitative estimate of drug-likeness (QED) is 0.764. The Morgan fingerprint density at radius 2 is 2.26 bits per heavy atom. The van der Waals surface area contributed by atoms with Crippen LogP contribution in [-0.2, 0) is 4.74 Å². The molecule has 0 bridgehead atoms. The van der Waals surface area contributed by atoms with Crippen molar-refractivity contribution in [3.8, 4) is 0 Å². The van der Waals surface area contributed by atoms with E-state index in [0.717, 1.165) is 24.4 Å². The second-order valence-electron chi connectivity index (χ2n) is 6.85. The predicted octanol–water partition coefficient (Wildman–Crippen LogP) is 3.78. The summed E-state index contributed by atoms with van der Waals surface area (Å²) in [5.74, 6) is 3.00. The molecule has 19 heavy (non-hydrogen) atoms. The van der Waals surface area contributed by atoms with E-state index in [1.165, 1.54) is 37.8 Å². The summed E-state index contributed by atoms with van der Waals surface area (Å²) in [6.45, 7) is 3.40. The summed E-state index contributed by atoms with van der Waals surface area (Å²) < 4.78 is 6.34. The van der Waals surface area contributed by atoms with Gasteiger partial charge in [-0.2, -0.15) is 0 Å². The molecule has 2 nitrogen and oxygen atoms in total. The third-order valence-electron chi connectivity index (χ3n) is 6.03. The van der Waals surface area contributed by atoms with Crippen molar-refractivity contribution in [2.75, 3.05) is 6.61 Å². The van der Waals surface area contributed by atoms with E-state index in [2.05, 4.69) is 24.0 Å². The van der Waals surface area contributed by atoms with Crippen LogP contribution in [0.4, 0.5) is 0 Å². The van der Waals surface area contributed by atoms with E-state index in [1.807, 2.05) is 12.3 Å². The monoisotopic (exact) mass is 257 g/mol. The van der Waals surface area contributed by atoms with E-state index in [4.69, 9.17) is 4.74 Å². The van der Waals surface area contributed by atoms with Crippen molar-refractivity contribution in [1.82, 2.24) is 4.98 Å². The first kappa shape index (κ1) is 11.9. The first-order valence-corrected chi connectivity index (χ1v) is 7.84. The van der Waals surface area contributed by atoms with Gasteiger partial charge in [-0.25, -0.2) is 0 Å². The number of fused-ring (bicyclic) bond motifs is 2. The molecule has 1 spiro atoms. The lowest BCUT2D eigenvalue weighted by Gasteiger charge is -2.34. The minimum absolute atomic E-state index is 0.230. The second kappa shape index (κ2) is 4.31. The van der Waals surface area contributed by atoms with Crippen molar-refractivity contribution < 1.29 is 4.74 Å². The fourth-order valence-electron chi connectivity index (χ4n) is 5.08. The summed E-state index contributed by atoms with van der Waals surface area (Å²) in [6, 6.07) is 6.35. The zero-order chi connectivity index (χ0) is 12.9. The van der Waals surface area contributed by atoms with Gasteiger partial charge in [0.1, 0.15) is 0 Å². The van der Waals surface area contributed by atoms with Gasteiger partial charge in [-0.3, -0.25) is 4.98 Å². The number of rotatable bonds is 1. The molecule has 2 saturated carbocycles. The number of nitrogens with zero attached hydrogens (tertiary/aromatic N) is 1. The number of ether oxygens (including phenoxy) is 1. The third-order valence-corrected chi connectivity index (χ3v) is 6.03. The standard InChI is InChI=1S/C17H23NO/c1-12-5-4-7-17(12)15-10-13(9-14(15)11-19-17)16-6-2-3-8-18-16/h2-3,6,8,12-15H,4-5,7,9-11H2,1H3. The molecule has 3 fully saturated rings. The highest BCUT2D eigenvalue weighted by Gasteiger charge is 2.57. The van der Waals surface area contributed by atoms with Crippen LogP contribution < -0.4 is 0 Å². The maximum atomic E-state index is 6.34. The van der Waals surface area contributed by atoms with Crippen molar-refractivity contribution in [2.45, 2.75) is 50.5 Å². The van der Waals surface area contributed by atoms with E-state index in [9.17, 15) is 0 Å². The first-order chi connectivity index (χ1) is 9.29. The van der Waals surface area contributed by atoms with Gasteiger partial charge in [0.2, 0.25) is 0 Å². The van der Waals surface area contributed by atoms with Crippen LogP contribution >= 0.6 is 0 Å². The molecule has 1 aromatic heterocycles. The van der Waals surface area contributed by atoms with Crippen LogP contribution in [0.1, 0.15) is 50.6 Å². The molecule has 2 aliphatic carbocycles. The number of aromatic nitrogens is 1. The maximum Gasteiger partial charge on any atom is 0.0739 e. The van der Waals surface area contributed by atoms with Gasteiger partial charge in [0, 0.05) is 17.8 Å². The summed E-state index contributed by atoms with van der Waals surface area (Å²) >= 11 is 0. The lowest BCUT2D eigenvalue weighted by molar-refractivity contribution is -0.0494. The molecule has 1 aliphatic heterocycles. The molecule has 0 amide bonds. The van der Waals surface area contributed by atoms with Gasteiger partial charge in [-0.05, 0) is 55.6 Å². The molecule has 2 heterocycles. The Balaban J connectivity index is 1.59. The van der Waals surface area contributed by atoms with Crippen molar-refractivity contribution in [2.24, 2.45) is 17.8 Å². The van der Waals surface area contributed by atoms with Gasteiger partial charge in [-0.1, -0.05) is 19.4 Å². The minimum atomic E-state index is 0.230. The van der Waals surface area contributed by atoms with Crippen LogP contribution in [0.5, 0.6) is 0 Å². The Bertz CT molecular complexity index is 460. The highest BCUT2D eigenvalue weighted by Crippen LogP contribution is 2.58. The normalized spacial score (nSPS) is 44.9. The van der Waals surface area contributed by atoms with Gasteiger partial charge < -0.3 is 4.74 Å².